The molecular formula is C20H35Cl2N3O2. The summed E-state index contributed by atoms with van der Waals surface area (Å²) in [6.07, 6.45) is 3.83. The first kappa shape index (κ1) is 26.0. The Morgan fingerprint density at radius 3 is 2.59 bits per heavy atom. The standard InChI is InChI=1S/C20H33N3O2.2ClH/c1-3-23(4-2)12-13-25-19-11-6-5-8-17(19)15-22-20(24)16-9-7-10-18(21)14-16;;/h5-6,8,11,16,18H,3-4,7,9-10,12-15,21H2,1-2H3,(H,22,24);2*1H. The maximum absolute atomic E-state index is 12.4. The number of carbonyl (C=O) groups is 1. The molecule has 0 heterocycles. The largest absolute Gasteiger partial charge is 0.492 e. The van der Waals surface area contributed by atoms with Crippen molar-refractivity contribution in [3.63, 3.8) is 0 Å². The van der Waals surface area contributed by atoms with E-state index in [0.29, 0.717) is 13.2 Å². The van der Waals surface area contributed by atoms with Gasteiger partial charge in [-0.05, 0) is 38.4 Å². The van der Waals surface area contributed by atoms with Gasteiger partial charge in [-0.2, -0.15) is 0 Å². The molecule has 3 N–H and O–H groups in total. The molecule has 2 atom stereocenters. The third kappa shape index (κ3) is 8.69. The molecule has 1 fully saturated rings. The van der Waals surface area contributed by atoms with Crippen LogP contribution in [0.5, 0.6) is 5.75 Å². The highest BCUT2D eigenvalue weighted by Gasteiger charge is 2.25. The molecule has 1 aliphatic carbocycles. The zero-order valence-corrected chi connectivity index (χ0v) is 18.1. The molecule has 1 aliphatic rings. The number of halogens is 2. The van der Waals surface area contributed by atoms with Gasteiger partial charge in [0.2, 0.25) is 5.91 Å². The summed E-state index contributed by atoms with van der Waals surface area (Å²) in [6, 6.07) is 8.10. The molecule has 0 bridgehead atoms. The van der Waals surface area contributed by atoms with E-state index < -0.39 is 0 Å². The highest BCUT2D eigenvalue weighted by molar-refractivity contribution is 5.85. The van der Waals surface area contributed by atoms with Crippen LogP contribution in [0.4, 0.5) is 0 Å². The van der Waals surface area contributed by atoms with E-state index in [1.807, 2.05) is 24.3 Å². The molecule has 2 rings (SSSR count). The van der Waals surface area contributed by atoms with Gasteiger partial charge in [-0.25, -0.2) is 0 Å². The smallest absolute Gasteiger partial charge is 0.223 e. The number of ether oxygens (including phenoxy) is 1. The zero-order valence-electron chi connectivity index (χ0n) is 16.5. The molecule has 1 aromatic carbocycles. The lowest BCUT2D eigenvalue weighted by Gasteiger charge is -2.25. The van der Waals surface area contributed by atoms with Gasteiger partial charge in [0.1, 0.15) is 12.4 Å². The van der Waals surface area contributed by atoms with Crippen LogP contribution in [-0.4, -0.2) is 43.1 Å². The van der Waals surface area contributed by atoms with Crippen molar-refractivity contribution >= 4 is 30.7 Å². The second-order valence-electron chi connectivity index (χ2n) is 6.82. The van der Waals surface area contributed by atoms with Crippen molar-refractivity contribution in [1.29, 1.82) is 0 Å². The van der Waals surface area contributed by atoms with Crippen LogP contribution in [-0.2, 0) is 11.3 Å². The minimum absolute atomic E-state index is 0. The van der Waals surface area contributed by atoms with Crippen LogP contribution in [0, 0.1) is 5.92 Å². The summed E-state index contributed by atoms with van der Waals surface area (Å²) in [7, 11) is 0. The number of para-hydroxylation sites is 1. The molecule has 1 aromatic rings. The van der Waals surface area contributed by atoms with E-state index in [1.165, 1.54) is 0 Å². The van der Waals surface area contributed by atoms with Crippen molar-refractivity contribution in [1.82, 2.24) is 10.2 Å². The Labute approximate surface area is 176 Å². The minimum Gasteiger partial charge on any atom is -0.492 e. The summed E-state index contributed by atoms with van der Waals surface area (Å²) in [5.74, 6) is 1.03. The van der Waals surface area contributed by atoms with Crippen molar-refractivity contribution in [3.8, 4) is 5.75 Å². The van der Waals surface area contributed by atoms with E-state index in [0.717, 1.165) is 56.6 Å². The fourth-order valence-electron chi connectivity index (χ4n) is 3.41. The van der Waals surface area contributed by atoms with Crippen molar-refractivity contribution in [3.05, 3.63) is 29.8 Å². The Kier molecular flexibility index (Phi) is 13.5. The Morgan fingerprint density at radius 2 is 1.93 bits per heavy atom. The van der Waals surface area contributed by atoms with Crippen LogP contribution in [0.3, 0.4) is 0 Å². The van der Waals surface area contributed by atoms with Crippen molar-refractivity contribution in [2.24, 2.45) is 11.7 Å². The van der Waals surface area contributed by atoms with E-state index in [2.05, 4.69) is 24.1 Å². The molecule has 27 heavy (non-hydrogen) atoms. The molecule has 1 saturated carbocycles. The van der Waals surface area contributed by atoms with Gasteiger partial charge < -0.3 is 20.7 Å². The van der Waals surface area contributed by atoms with Gasteiger partial charge in [0.15, 0.2) is 0 Å². The molecule has 2 unspecified atom stereocenters. The fourth-order valence-corrected chi connectivity index (χ4v) is 3.41. The lowest BCUT2D eigenvalue weighted by molar-refractivity contribution is -0.126. The summed E-state index contributed by atoms with van der Waals surface area (Å²) in [4.78, 5) is 14.7. The molecule has 0 aromatic heterocycles. The topological polar surface area (TPSA) is 67.6 Å². The quantitative estimate of drug-likeness (QED) is 0.643. The minimum atomic E-state index is 0. The normalized spacial score (nSPS) is 19.0. The van der Waals surface area contributed by atoms with Crippen LogP contribution in [0.1, 0.15) is 45.1 Å². The predicted molar refractivity (Wildman–Crippen MR) is 116 cm³/mol. The molecule has 7 heteroatoms. The highest BCUT2D eigenvalue weighted by Crippen LogP contribution is 2.24. The summed E-state index contributed by atoms with van der Waals surface area (Å²) >= 11 is 0. The van der Waals surface area contributed by atoms with Crippen LogP contribution in [0.2, 0.25) is 0 Å². The molecule has 0 saturated heterocycles. The third-order valence-corrected chi connectivity index (χ3v) is 5.07. The fraction of sp³-hybridized carbons (Fsp3) is 0.650. The van der Waals surface area contributed by atoms with Gasteiger partial charge in [0.05, 0.1) is 0 Å². The Hall–Kier alpha value is -1.01. The molecule has 0 radical (unpaired) electrons. The number of carbonyl (C=O) groups excluding carboxylic acids is 1. The van der Waals surface area contributed by atoms with Crippen LogP contribution < -0.4 is 15.8 Å². The van der Waals surface area contributed by atoms with Gasteiger partial charge >= 0.3 is 0 Å². The average Bonchev–Trinajstić information content (AvgIpc) is 2.64. The molecule has 156 valence electrons. The molecule has 0 spiro atoms. The number of benzene rings is 1. The van der Waals surface area contributed by atoms with E-state index in [1.54, 1.807) is 0 Å². The van der Waals surface area contributed by atoms with E-state index >= 15 is 0 Å². The van der Waals surface area contributed by atoms with Crippen LogP contribution in [0.25, 0.3) is 0 Å². The number of nitrogens with two attached hydrogens (primary N) is 1. The Bertz CT molecular complexity index is 542. The van der Waals surface area contributed by atoms with E-state index in [-0.39, 0.29) is 42.7 Å². The van der Waals surface area contributed by atoms with Crippen LogP contribution >= 0.6 is 24.8 Å². The highest BCUT2D eigenvalue weighted by atomic mass is 35.5. The number of rotatable bonds is 9. The number of nitrogens with one attached hydrogen (secondary N) is 1. The Balaban J connectivity index is 0.00000338. The number of amides is 1. The molecular weight excluding hydrogens is 385 g/mol. The number of hydrogen-bond acceptors (Lipinski definition) is 4. The second-order valence-corrected chi connectivity index (χ2v) is 6.82. The summed E-state index contributed by atoms with van der Waals surface area (Å²) < 4.78 is 5.95. The first-order chi connectivity index (χ1) is 12.1. The maximum atomic E-state index is 12.4. The van der Waals surface area contributed by atoms with Crippen LogP contribution in [0.15, 0.2) is 24.3 Å². The maximum Gasteiger partial charge on any atom is 0.223 e. The predicted octanol–water partition coefficient (Wildman–Crippen LogP) is 3.38. The number of hydrogen-bond donors (Lipinski definition) is 2. The monoisotopic (exact) mass is 419 g/mol. The van der Waals surface area contributed by atoms with Crippen molar-refractivity contribution in [2.75, 3.05) is 26.2 Å². The molecule has 5 nitrogen and oxygen atoms in total. The SMILES string of the molecule is CCN(CC)CCOc1ccccc1CNC(=O)C1CCCC(N)C1.Cl.Cl. The van der Waals surface area contributed by atoms with Crippen molar-refractivity contribution < 1.29 is 9.53 Å². The van der Waals surface area contributed by atoms with Gasteiger partial charge in [0.25, 0.3) is 0 Å². The summed E-state index contributed by atoms with van der Waals surface area (Å²) in [6.45, 7) is 8.44. The first-order valence-corrected chi connectivity index (χ1v) is 9.60. The van der Waals surface area contributed by atoms with Gasteiger partial charge in [0, 0.05) is 30.6 Å². The summed E-state index contributed by atoms with van der Waals surface area (Å²) in [5.41, 5.74) is 7.02. The second kappa shape index (κ2) is 14.1. The van der Waals surface area contributed by atoms with Crippen molar-refractivity contribution in [2.45, 2.75) is 52.1 Å². The lowest BCUT2D eigenvalue weighted by atomic mass is 9.85. The lowest BCUT2D eigenvalue weighted by Crippen LogP contribution is -2.37. The summed E-state index contributed by atoms with van der Waals surface area (Å²) in [5, 5.41) is 3.07. The van der Waals surface area contributed by atoms with Gasteiger partial charge in [-0.3, -0.25) is 4.79 Å². The number of nitrogens with zero attached hydrogens (tertiary/aromatic N) is 1. The third-order valence-electron chi connectivity index (χ3n) is 5.07. The average molecular weight is 420 g/mol. The number of likely N-dealkylation sites (N-methyl/N-ethyl adjacent to an activating group) is 1. The van der Waals surface area contributed by atoms with Gasteiger partial charge in [-0.1, -0.05) is 38.5 Å². The van der Waals surface area contributed by atoms with E-state index in [4.69, 9.17) is 10.5 Å². The molecule has 0 aliphatic heterocycles. The first-order valence-electron chi connectivity index (χ1n) is 9.60. The molecule has 1 amide bonds. The van der Waals surface area contributed by atoms with E-state index in [9.17, 15) is 4.79 Å². The Morgan fingerprint density at radius 1 is 1.22 bits per heavy atom. The zero-order chi connectivity index (χ0) is 18.1. The van der Waals surface area contributed by atoms with Gasteiger partial charge in [-0.15, -0.1) is 24.8 Å².